The Kier molecular flexibility index (Phi) is 4.47. The second-order valence-corrected chi connectivity index (χ2v) is 4.70. The molecule has 1 aromatic heterocycles. The van der Waals surface area contributed by atoms with Crippen molar-refractivity contribution in [1.82, 2.24) is 15.5 Å². The van der Waals surface area contributed by atoms with Crippen molar-refractivity contribution in [3.8, 4) is 0 Å². The maximum Gasteiger partial charge on any atom is 0.240 e. The normalized spacial score (nSPS) is 10.6. The molecule has 0 amide bonds. The quantitative estimate of drug-likeness (QED) is 0.638. The molecule has 100 valence electrons. The van der Waals surface area contributed by atoms with Gasteiger partial charge in [-0.25, -0.2) is 0 Å². The Labute approximate surface area is 113 Å². The predicted molar refractivity (Wildman–Crippen MR) is 74.9 cm³/mol. The topological polar surface area (TPSA) is 51.0 Å². The Hall–Kier alpha value is -1.94. The number of aryl methyl sites for hydroxylation is 2. The summed E-state index contributed by atoms with van der Waals surface area (Å²) in [6.07, 6.45) is 2.50. The minimum Gasteiger partial charge on any atom is -0.338 e. The monoisotopic (exact) mass is 257 g/mol. The highest BCUT2D eigenvalue weighted by Crippen LogP contribution is 2.12. The molecule has 2 rings (SSSR count). The van der Waals surface area contributed by atoms with Crippen molar-refractivity contribution in [2.45, 2.75) is 26.8 Å². The molecule has 0 fully saturated rings. The Morgan fingerprint density at radius 3 is 2.68 bits per heavy atom. The van der Waals surface area contributed by atoms with Gasteiger partial charge >= 0.3 is 0 Å². The Morgan fingerprint density at radius 1 is 1.26 bits per heavy atom. The number of nitrogens with zero attached hydrogens (tertiary/aromatic N) is 2. The largest absolute Gasteiger partial charge is 0.338 e. The molecule has 0 aliphatic carbocycles. The first-order valence-corrected chi connectivity index (χ1v) is 6.37. The zero-order chi connectivity index (χ0) is 13.7. The highest BCUT2D eigenvalue weighted by atomic mass is 16.5. The molecule has 4 heteroatoms. The van der Waals surface area contributed by atoms with Gasteiger partial charge in [0.1, 0.15) is 0 Å². The van der Waals surface area contributed by atoms with Gasteiger partial charge in [0, 0.05) is 13.0 Å². The lowest BCUT2D eigenvalue weighted by Gasteiger charge is -2.01. The van der Waals surface area contributed by atoms with Crippen LogP contribution < -0.4 is 5.32 Å². The zero-order valence-electron chi connectivity index (χ0n) is 11.4. The number of benzene rings is 1. The maximum atomic E-state index is 5.19. The molecule has 1 heterocycles. The number of nitrogens with one attached hydrogen (secondary N) is 1. The predicted octanol–water partition coefficient (Wildman–Crippen LogP) is 2.55. The summed E-state index contributed by atoms with van der Waals surface area (Å²) in [6.45, 7) is 9.14. The lowest BCUT2D eigenvalue weighted by Crippen LogP contribution is -2.12. The Morgan fingerprint density at radius 2 is 2.00 bits per heavy atom. The third kappa shape index (κ3) is 4.03. The van der Waals surface area contributed by atoms with Gasteiger partial charge in [0.25, 0.3) is 0 Å². The molecule has 0 bridgehead atoms. The van der Waals surface area contributed by atoms with Crippen molar-refractivity contribution in [1.29, 1.82) is 0 Å². The van der Waals surface area contributed by atoms with Crippen LogP contribution in [0.1, 0.15) is 28.4 Å². The van der Waals surface area contributed by atoms with Gasteiger partial charge in [-0.3, -0.25) is 0 Å². The van der Waals surface area contributed by atoms with Gasteiger partial charge in [-0.1, -0.05) is 40.6 Å². The molecule has 2 aromatic rings. The first kappa shape index (κ1) is 13.5. The van der Waals surface area contributed by atoms with E-state index in [1.807, 2.05) is 0 Å². The van der Waals surface area contributed by atoms with Crippen molar-refractivity contribution in [3.05, 3.63) is 59.3 Å². The summed E-state index contributed by atoms with van der Waals surface area (Å²) in [5.74, 6) is 1.33. The summed E-state index contributed by atoms with van der Waals surface area (Å²) < 4.78 is 5.19. The van der Waals surface area contributed by atoms with E-state index in [9.17, 15) is 0 Å². The van der Waals surface area contributed by atoms with Crippen LogP contribution in [0, 0.1) is 13.8 Å². The van der Waals surface area contributed by atoms with Gasteiger partial charge in [0.15, 0.2) is 5.82 Å². The second-order valence-electron chi connectivity index (χ2n) is 4.70. The SMILES string of the molecule is C=CCNCc1nc(Cc2cc(C)cc(C)c2)no1. The summed E-state index contributed by atoms with van der Waals surface area (Å²) in [6, 6.07) is 6.46. The van der Waals surface area contributed by atoms with Gasteiger partial charge in [-0.15, -0.1) is 6.58 Å². The zero-order valence-corrected chi connectivity index (χ0v) is 11.4. The molecule has 0 aliphatic heterocycles. The van der Waals surface area contributed by atoms with Crippen LogP contribution in [0.25, 0.3) is 0 Å². The number of hydrogen-bond donors (Lipinski definition) is 1. The molecule has 0 unspecified atom stereocenters. The van der Waals surface area contributed by atoms with E-state index in [4.69, 9.17) is 4.52 Å². The Bertz CT molecular complexity index is 540. The van der Waals surface area contributed by atoms with Crippen LogP contribution in [0.5, 0.6) is 0 Å². The molecule has 0 radical (unpaired) electrons. The fraction of sp³-hybridized carbons (Fsp3) is 0.333. The van der Waals surface area contributed by atoms with Crippen LogP contribution in [0.2, 0.25) is 0 Å². The standard InChI is InChI=1S/C15H19N3O/c1-4-5-16-10-15-17-14(18-19-15)9-13-7-11(2)6-12(3)8-13/h4,6-8,16H,1,5,9-10H2,2-3H3. The van der Waals surface area contributed by atoms with E-state index >= 15 is 0 Å². The fourth-order valence-corrected chi connectivity index (χ4v) is 2.07. The van der Waals surface area contributed by atoms with Crippen molar-refractivity contribution in [3.63, 3.8) is 0 Å². The van der Waals surface area contributed by atoms with E-state index in [0.717, 1.165) is 12.4 Å². The minimum atomic E-state index is 0.575. The molecule has 19 heavy (non-hydrogen) atoms. The molecule has 0 atom stereocenters. The summed E-state index contributed by atoms with van der Waals surface area (Å²) in [5, 5.41) is 7.13. The number of hydrogen-bond acceptors (Lipinski definition) is 4. The fourth-order valence-electron chi connectivity index (χ4n) is 2.07. The first-order chi connectivity index (χ1) is 9.17. The summed E-state index contributed by atoms with van der Waals surface area (Å²) in [4.78, 5) is 4.36. The van der Waals surface area contributed by atoms with Gasteiger partial charge in [0.2, 0.25) is 5.89 Å². The van der Waals surface area contributed by atoms with Crippen LogP contribution in [-0.4, -0.2) is 16.7 Å². The molecule has 0 spiro atoms. The van der Waals surface area contributed by atoms with E-state index in [0.29, 0.717) is 18.9 Å². The molecule has 1 aromatic carbocycles. The molecular weight excluding hydrogens is 238 g/mol. The molecule has 0 saturated heterocycles. The van der Waals surface area contributed by atoms with Crippen LogP contribution in [0.3, 0.4) is 0 Å². The van der Waals surface area contributed by atoms with E-state index in [-0.39, 0.29) is 0 Å². The Balaban J connectivity index is 2.00. The number of aromatic nitrogens is 2. The molecule has 0 saturated carbocycles. The highest BCUT2D eigenvalue weighted by Gasteiger charge is 2.07. The van der Waals surface area contributed by atoms with E-state index in [1.54, 1.807) is 6.08 Å². The van der Waals surface area contributed by atoms with Gasteiger partial charge in [-0.05, 0) is 19.4 Å². The lowest BCUT2D eigenvalue weighted by molar-refractivity contribution is 0.366. The minimum absolute atomic E-state index is 0.575. The van der Waals surface area contributed by atoms with Crippen molar-refractivity contribution in [2.24, 2.45) is 0 Å². The van der Waals surface area contributed by atoms with Gasteiger partial charge < -0.3 is 9.84 Å². The van der Waals surface area contributed by atoms with Crippen LogP contribution in [0.15, 0.2) is 35.4 Å². The number of rotatable bonds is 6. The van der Waals surface area contributed by atoms with Crippen molar-refractivity contribution < 1.29 is 4.52 Å². The summed E-state index contributed by atoms with van der Waals surface area (Å²) >= 11 is 0. The van der Waals surface area contributed by atoms with E-state index in [2.05, 4.69) is 54.1 Å². The average molecular weight is 257 g/mol. The van der Waals surface area contributed by atoms with E-state index < -0.39 is 0 Å². The smallest absolute Gasteiger partial charge is 0.240 e. The average Bonchev–Trinajstić information content (AvgIpc) is 2.76. The second kappa shape index (κ2) is 6.29. The maximum absolute atomic E-state index is 5.19. The van der Waals surface area contributed by atoms with Crippen LogP contribution in [-0.2, 0) is 13.0 Å². The van der Waals surface area contributed by atoms with Crippen molar-refractivity contribution >= 4 is 0 Å². The molecule has 1 N–H and O–H groups in total. The third-order valence-electron chi connectivity index (χ3n) is 2.72. The first-order valence-electron chi connectivity index (χ1n) is 6.37. The highest BCUT2D eigenvalue weighted by molar-refractivity contribution is 5.30. The lowest BCUT2D eigenvalue weighted by atomic mass is 10.1. The van der Waals surface area contributed by atoms with Gasteiger partial charge in [0.05, 0.1) is 6.54 Å². The third-order valence-corrected chi connectivity index (χ3v) is 2.72. The van der Waals surface area contributed by atoms with E-state index in [1.165, 1.54) is 16.7 Å². The van der Waals surface area contributed by atoms with Crippen molar-refractivity contribution in [2.75, 3.05) is 6.54 Å². The molecule has 0 aliphatic rings. The van der Waals surface area contributed by atoms with Crippen LogP contribution in [0.4, 0.5) is 0 Å². The molecular formula is C15H19N3O. The summed E-state index contributed by atoms with van der Waals surface area (Å²) in [5.41, 5.74) is 3.72. The summed E-state index contributed by atoms with van der Waals surface area (Å²) in [7, 11) is 0. The van der Waals surface area contributed by atoms with Crippen LogP contribution >= 0.6 is 0 Å². The molecule has 4 nitrogen and oxygen atoms in total. The van der Waals surface area contributed by atoms with Gasteiger partial charge in [-0.2, -0.15) is 4.98 Å².